The van der Waals surface area contributed by atoms with E-state index in [1.54, 1.807) is 0 Å². The first-order chi connectivity index (χ1) is 3.71. The SMILES string of the molecule is BC1(C)CCCCC1. The fourth-order valence-electron chi connectivity index (χ4n) is 1.51. The second-order valence-electron chi connectivity index (χ2n) is 3.72. The Labute approximate surface area is 53.1 Å². The van der Waals surface area contributed by atoms with E-state index in [0.717, 1.165) is 0 Å². The molecule has 1 fully saturated rings. The standard InChI is InChI=1S/C7H15B/c1-7(8)5-3-2-4-6-7/h2-6,8H2,1H3. The first-order valence-corrected chi connectivity index (χ1v) is 3.71. The van der Waals surface area contributed by atoms with Gasteiger partial charge in [0.1, 0.15) is 7.85 Å². The predicted octanol–water partition coefficient (Wildman–Crippen LogP) is 1.76. The monoisotopic (exact) mass is 110 g/mol. The summed E-state index contributed by atoms with van der Waals surface area (Å²) in [4.78, 5) is 0. The van der Waals surface area contributed by atoms with Crippen LogP contribution < -0.4 is 0 Å². The highest BCUT2D eigenvalue weighted by molar-refractivity contribution is 6.14. The Kier molecular flexibility index (Phi) is 1.64. The molecule has 1 aliphatic carbocycles. The van der Waals surface area contributed by atoms with Crippen LogP contribution in [0.5, 0.6) is 0 Å². The van der Waals surface area contributed by atoms with Crippen LogP contribution in [-0.2, 0) is 0 Å². The fraction of sp³-hybridized carbons (Fsp3) is 1.00. The van der Waals surface area contributed by atoms with Crippen molar-refractivity contribution in [2.24, 2.45) is 0 Å². The van der Waals surface area contributed by atoms with Crippen LogP contribution in [0.25, 0.3) is 0 Å². The van der Waals surface area contributed by atoms with Gasteiger partial charge in [-0.2, -0.15) is 0 Å². The van der Waals surface area contributed by atoms with Crippen LogP contribution in [-0.4, -0.2) is 7.85 Å². The van der Waals surface area contributed by atoms with Crippen LogP contribution in [0, 0.1) is 0 Å². The molecule has 0 spiro atoms. The fourth-order valence-corrected chi connectivity index (χ4v) is 1.51. The predicted molar refractivity (Wildman–Crippen MR) is 40.0 cm³/mol. The molecular formula is C7H15B. The molecule has 1 heteroatoms. The Hall–Kier alpha value is 0.0649. The summed E-state index contributed by atoms with van der Waals surface area (Å²) < 4.78 is 0. The molecule has 0 saturated heterocycles. The van der Waals surface area contributed by atoms with Crippen molar-refractivity contribution >= 4 is 7.85 Å². The van der Waals surface area contributed by atoms with E-state index in [1.165, 1.54) is 32.1 Å². The summed E-state index contributed by atoms with van der Waals surface area (Å²) in [5.41, 5.74) is 0. The first-order valence-electron chi connectivity index (χ1n) is 3.71. The number of rotatable bonds is 0. The third-order valence-corrected chi connectivity index (χ3v) is 2.21. The van der Waals surface area contributed by atoms with E-state index in [1.807, 2.05) is 0 Å². The molecule has 0 heterocycles. The van der Waals surface area contributed by atoms with Crippen LogP contribution >= 0.6 is 0 Å². The minimum Gasteiger partial charge on any atom is -0.0669 e. The van der Waals surface area contributed by atoms with Gasteiger partial charge in [-0.15, -0.1) is 0 Å². The average molecular weight is 110 g/mol. The summed E-state index contributed by atoms with van der Waals surface area (Å²) in [6.07, 6.45) is 7.31. The molecular weight excluding hydrogens is 94.9 g/mol. The highest BCUT2D eigenvalue weighted by atomic mass is 14.2. The van der Waals surface area contributed by atoms with Gasteiger partial charge in [-0.3, -0.25) is 0 Å². The van der Waals surface area contributed by atoms with Gasteiger partial charge in [-0.1, -0.05) is 44.3 Å². The zero-order chi connectivity index (χ0) is 6.04. The molecule has 0 nitrogen and oxygen atoms in total. The molecule has 1 saturated carbocycles. The Balaban J connectivity index is 2.33. The van der Waals surface area contributed by atoms with Crippen molar-refractivity contribution < 1.29 is 0 Å². The van der Waals surface area contributed by atoms with Crippen LogP contribution in [0.1, 0.15) is 39.0 Å². The zero-order valence-corrected chi connectivity index (χ0v) is 6.04. The molecule has 0 radical (unpaired) electrons. The number of hydrogen-bond donors (Lipinski definition) is 0. The molecule has 46 valence electrons. The van der Waals surface area contributed by atoms with Crippen molar-refractivity contribution in [1.82, 2.24) is 0 Å². The van der Waals surface area contributed by atoms with Gasteiger partial charge in [0.05, 0.1) is 0 Å². The van der Waals surface area contributed by atoms with Gasteiger partial charge in [0.25, 0.3) is 0 Å². The molecule has 0 aliphatic heterocycles. The van der Waals surface area contributed by atoms with E-state index < -0.39 is 0 Å². The number of hydrogen-bond acceptors (Lipinski definition) is 0. The van der Waals surface area contributed by atoms with Crippen LogP contribution in [0.3, 0.4) is 0 Å². The second kappa shape index (κ2) is 2.12. The highest BCUT2D eigenvalue weighted by Gasteiger charge is 2.19. The van der Waals surface area contributed by atoms with Crippen molar-refractivity contribution in [3.63, 3.8) is 0 Å². The van der Waals surface area contributed by atoms with Crippen molar-refractivity contribution in [3.05, 3.63) is 0 Å². The summed E-state index contributed by atoms with van der Waals surface area (Å²) in [6, 6.07) is 0. The lowest BCUT2D eigenvalue weighted by Gasteiger charge is -2.28. The molecule has 1 rings (SSSR count). The van der Waals surface area contributed by atoms with E-state index >= 15 is 0 Å². The molecule has 8 heavy (non-hydrogen) atoms. The Morgan fingerprint density at radius 2 is 1.62 bits per heavy atom. The molecule has 0 aromatic heterocycles. The molecule has 0 amide bonds. The van der Waals surface area contributed by atoms with Gasteiger partial charge in [0.2, 0.25) is 0 Å². The third kappa shape index (κ3) is 1.54. The van der Waals surface area contributed by atoms with Crippen LogP contribution in [0.4, 0.5) is 0 Å². The summed E-state index contributed by atoms with van der Waals surface area (Å²) >= 11 is 0. The maximum atomic E-state index is 2.38. The lowest BCUT2D eigenvalue weighted by atomic mass is 9.62. The third-order valence-electron chi connectivity index (χ3n) is 2.21. The molecule has 0 atom stereocenters. The lowest BCUT2D eigenvalue weighted by molar-refractivity contribution is 0.404. The maximum absolute atomic E-state index is 2.38. The first kappa shape index (κ1) is 6.19. The van der Waals surface area contributed by atoms with Crippen molar-refractivity contribution in [1.29, 1.82) is 0 Å². The summed E-state index contributed by atoms with van der Waals surface area (Å²) in [5.74, 6) is 0. The summed E-state index contributed by atoms with van der Waals surface area (Å²) in [7, 11) is 2.38. The van der Waals surface area contributed by atoms with Gasteiger partial charge in [0.15, 0.2) is 0 Å². The minimum absolute atomic E-state index is 0.679. The van der Waals surface area contributed by atoms with E-state index in [0.29, 0.717) is 5.31 Å². The van der Waals surface area contributed by atoms with Crippen molar-refractivity contribution in [2.45, 2.75) is 44.3 Å². The normalized spacial score (nSPS) is 27.6. The van der Waals surface area contributed by atoms with Gasteiger partial charge >= 0.3 is 0 Å². The van der Waals surface area contributed by atoms with Crippen molar-refractivity contribution in [3.8, 4) is 0 Å². The molecule has 0 aromatic carbocycles. The minimum atomic E-state index is 0.679. The van der Waals surface area contributed by atoms with E-state index in [9.17, 15) is 0 Å². The second-order valence-corrected chi connectivity index (χ2v) is 3.72. The molecule has 1 aliphatic rings. The zero-order valence-electron chi connectivity index (χ0n) is 6.04. The van der Waals surface area contributed by atoms with Gasteiger partial charge in [-0.05, 0) is 0 Å². The van der Waals surface area contributed by atoms with Crippen LogP contribution in [0.2, 0.25) is 5.31 Å². The van der Waals surface area contributed by atoms with Crippen molar-refractivity contribution in [2.75, 3.05) is 0 Å². The molecule has 0 N–H and O–H groups in total. The smallest absolute Gasteiger partial charge is 0.0669 e. The van der Waals surface area contributed by atoms with E-state index in [4.69, 9.17) is 0 Å². The van der Waals surface area contributed by atoms with E-state index in [2.05, 4.69) is 14.8 Å². The van der Waals surface area contributed by atoms with Gasteiger partial charge < -0.3 is 0 Å². The topological polar surface area (TPSA) is 0 Å². The largest absolute Gasteiger partial charge is 0.109 e. The lowest BCUT2D eigenvalue weighted by Crippen LogP contribution is -2.11. The Morgan fingerprint density at radius 1 is 1.12 bits per heavy atom. The Morgan fingerprint density at radius 3 is 1.88 bits per heavy atom. The summed E-state index contributed by atoms with van der Waals surface area (Å²) in [5, 5.41) is 0.679. The average Bonchev–Trinajstić information content (AvgIpc) is 1.65. The van der Waals surface area contributed by atoms with Crippen LogP contribution in [0.15, 0.2) is 0 Å². The molecule has 0 aromatic rings. The maximum Gasteiger partial charge on any atom is 0.109 e. The van der Waals surface area contributed by atoms with Gasteiger partial charge in [-0.25, -0.2) is 0 Å². The highest BCUT2D eigenvalue weighted by Crippen LogP contribution is 2.38. The Bertz CT molecular complexity index is 68.5. The van der Waals surface area contributed by atoms with E-state index in [-0.39, 0.29) is 0 Å². The van der Waals surface area contributed by atoms with Gasteiger partial charge in [0, 0.05) is 0 Å². The molecule has 0 unspecified atom stereocenters. The quantitative estimate of drug-likeness (QED) is 0.417. The summed E-state index contributed by atoms with van der Waals surface area (Å²) in [6.45, 7) is 2.38. The molecule has 0 bridgehead atoms.